The molecule has 1 aromatic heterocycles. The highest BCUT2D eigenvalue weighted by molar-refractivity contribution is 7.17. The molecule has 0 fully saturated rings. The zero-order valence-electron chi connectivity index (χ0n) is 15.4. The molecule has 1 aromatic carbocycles. The topological polar surface area (TPSA) is 76.7 Å². The maximum atomic E-state index is 13.1. The van der Waals surface area contributed by atoms with Crippen molar-refractivity contribution in [2.75, 3.05) is 23.8 Å². The number of thiophene rings is 1. The van der Waals surface area contributed by atoms with E-state index in [0.717, 1.165) is 24.8 Å². The molecular formula is C20H22N2O4S. The third-order valence-electron chi connectivity index (χ3n) is 4.83. The van der Waals surface area contributed by atoms with Gasteiger partial charge in [0, 0.05) is 23.6 Å². The highest BCUT2D eigenvalue weighted by Gasteiger charge is 2.28. The van der Waals surface area contributed by atoms with Gasteiger partial charge in [0.2, 0.25) is 5.91 Å². The molecule has 0 saturated heterocycles. The molecule has 0 saturated carbocycles. The van der Waals surface area contributed by atoms with Gasteiger partial charge in [-0.25, -0.2) is 0 Å². The number of hydrogen-bond donors (Lipinski definition) is 2. The van der Waals surface area contributed by atoms with Crippen LogP contribution in [0.15, 0.2) is 18.2 Å². The van der Waals surface area contributed by atoms with Crippen LogP contribution in [-0.2, 0) is 17.6 Å². The normalized spacial score (nSPS) is 17.8. The van der Waals surface area contributed by atoms with Gasteiger partial charge in [0.1, 0.15) is 18.2 Å². The van der Waals surface area contributed by atoms with E-state index in [9.17, 15) is 9.59 Å². The Morgan fingerprint density at radius 2 is 1.93 bits per heavy atom. The first-order valence-corrected chi connectivity index (χ1v) is 9.96. The summed E-state index contributed by atoms with van der Waals surface area (Å²) in [6.07, 6.45) is 2.86. The monoisotopic (exact) mass is 386 g/mol. The lowest BCUT2D eigenvalue weighted by Gasteiger charge is -2.20. The van der Waals surface area contributed by atoms with Crippen molar-refractivity contribution in [3.05, 3.63) is 34.2 Å². The van der Waals surface area contributed by atoms with Gasteiger partial charge < -0.3 is 20.1 Å². The lowest BCUT2D eigenvalue weighted by atomic mass is 9.88. The second kappa shape index (κ2) is 7.23. The van der Waals surface area contributed by atoms with Gasteiger partial charge in [0.15, 0.2) is 11.5 Å². The molecule has 2 N–H and O–H groups in total. The van der Waals surface area contributed by atoms with E-state index < -0.39 is 0 Å². The smallest absolute Gasteiger partial charge is 0.258 e. The minimum absolute atomic E-state index is 0.171. The number of carbonyl (C=O) groups excluding carboxylic acids is 2. The van der Waals surface area contributed by atoms with Crippen LogP contribution < -0.4 is 20.1 Å². The summed E-state index contributed by atoms with van der Waals surface area (Å²) in [6, 6.07) is 5.36. The van der Waals surface area contributed by atoms with E-state index in [1.165, 1.54) is 23.1 Å². The highest BCUT2D eigenvalue weighted by Crippen LogP contribution is 2.40. The molecule has 0 bridgehead atoms. The maximum Gasteiger partial charge on any atom is 0.258 e. The van der Waals surface area contributed by atoms with Crippen molar-refractivity contribution in [1.29, 1.82) is 0 Å². The van der Waals surface area contributed by atoms with E-state index in [1.54, 1.807) is 18.2 Å². The fraction of sp³-hybridized carbons (Fsp3) is 0.400. The van der Waals surface area contributed by atoms with Crippen LogP contribution in [0, 0.1) is 5.92 Å². The van der Waals surface area contributed by atoms with E-state index >= 15 is 0 Å². The fourth-order valence-electron chi connectivity index (χ4n) is 3.55. The third kappa shape index (κ3) is 3.64. The first kappa shape index (κ1) is 17.9. The summed E-state index contributed by atoms with van der Waals surface area (Å²) in [5, 5.41) is 6.42. The molecule has 1 unspecified atom stereocenters. The minimum Gasteiger partial charge on any atom is -0.486 e. The Hall–Kier alpha value is -2.54. The van der Waals surface area contributed by atoms with Gasteiger partial charge in [-0.3, -0.25) is 9.59 Å². The van der Waals surface area contributed by atoms with Crippen molar-refractivity contribution >= 4 is 33.8 Å². The van der Waals surface area contributed by atoms with E-state index in [4.69, 9.17) is 9.47 Å². The molecule has 1 aliphatic heterocycles. The molecule has 2 amide bonds. The number of ether oxygens (including phenoxy) is 2. The van der Waals surface area contributed by atoms with Crippen LogP contribution in [0.3, 0.4) is 0 Å². The van der Waals surface area contributed by atoms with Crippen LogP contribution >= 0.6 is 11.3 Å². The van der Waals surface area contributed by atoms with Crippen molar-refractivity contribution in [1.82, 2.24) is 0 Å². The molecule has 2 aromatic rings. The number of anilines is 2. The Kier molecular flexibility index (Phi) is 4.78. The summed E-state index contributed by atoms with van der Waals surface area (Å²) in [7, 11) is 0. The number of benzene rings is 1. The van der Waals surface area contributed by atoms with E-state index in [1.807, 2.05) is 0 Å². The predicted molar refractivity (Wildman–Crippen MR) is 105 cm³/mol. The van der Waals surface area contributed by atoms with Crippen molar-refractivity contribution in [3.8, 4) is 11.5 Å². The zero-order valence-corrected chi connectivity index (χ0v) is 16.2. The summed E-state index contributed by atoms with van der Waals surface area (Å²) in [6.45, 7) is 4.70. The van der Waals surface area contributed by atoms with E-state index in [0.29, 0.717) is 46.9 Å². The standard InChI is InChI=1S/C20H22N2O4S/c1-11-3-5-14-17(9-11)27-20(21-12(2)23)18(14)19(24)22-13-4-6-15-16(10-13)26-8-7-25-15/h4,6,10-11H,3,5,7-9H2,1-2H3,(H,21,23)(H,22,24). The first-order chi connectivity index (χ1) is 13.0. The maximum absolute atomic E-state index is 13.1. The molecule has 2 aliphatic rings. The number of fused-ring (bicyclic) bond motifs is 2. The zero-order chi connectivity index (χ0) is 19.0. The number of carbonyl (C=O) groups is 2. The molecule has 0 spiro atoms. The fourth-order valence-corrected chi connectivity index (χ4v) is 5.01. The molecule has 27 heavy (non-hydrogen) atoms. The number of amides is 2. The second-order valence-electron chi connectivity index (χ2n) is 7.05. The summed E-state index contributed by atoms with van der Waals surface area (Å²) in [4.78, 5) is 25.9. The van der Waals surface area contributed by atoms with Crippen molar-refractivity contribution in [2.24, 2.45) is 5.92 Å². The molecule has 7 heteroatoms. The highest BCUT2D eigenvalue weighted by atomic mass is 32.1. The molecule has 4 rings (SSSR count). The Balaban J connectivity index is 1.64. The van der Waals surface area contributed by atoms with Gasteiger partial charge in [-0.1, -0.05) is 6.92 Å². The van der Waals surface area contributed by atoms with Gasteiger partial charge in [0.05, 0.1) is 5.56 Å². The quantitative estimate of drug-likeness (QED) is 0.840. The molecule has 142 valence electrons. The van der Waals surface area contributed by atoms with Crippen molar-refractivity contribution in [3.63, 3.8) is 0 Å². The Labute approximate surface area is 161 Å². The van der Waals surface area contributed by atoms with Gasteiger partial charge in [-0.05, 0) is 42.9 Å². The van der Waals surface area contributed by atoms with Crippen LogP contribution in [0.1, 0.15) is 41.1 Å². The van der Waals surface area contributed by atoms with Gasteiger partial charge in [0.25, 0.3) is 5.91 Å². The average Bonchev–Trinajstić information content (AvgIpc) is 2.97. The van der Waals surface area contributed by atoms with Gasteiger partial charge in [-0.2, -0.15) is 0 Å². The number of hydrogen-bond acceptors (Lipinski definition) is 5. The first-order valence-electron chi connectivity index (χ1n) is 9.14. The molecule has 1 atom stereocenters. The largest absolute Gasteiger partial charge is 0.486 e. The number of rotatable bonds is 3. The second-order valence-corrected chi connectivity index (χ2v) is 8.15. The van der Waals surface area contributed by atoms with Crippen LogP contribution in [-0.4, -0.2) is 25.0 Å². The molecular weight excluding hydrogens is 364 g/mol. The summed E-state index contributed by atoms with van der Waals surface area (Å²) >= 11 is 1.52. The molecule has 0 radical (unpaired) electrons. The third-order valence-corrected chi connectivity index (χ3v) is 6.00. The lowest BCUT2D eigenvalue weighted by Crippen LogP contribution is -2.19. The lowest BCUT2D eigenvalue weighted by molar-refractivity contribution is -0.114. The summed E-state index contributed by atoms with van der Waals surface area (Å²) in [5.41, 5.74) is 2.30. The SMILES string of the molecule is CC(=O)Nc1sc2c(c1C(=O)Nc1ccc3c(c1)OCCO3)CCC(C)C2. The summed E-state index contributed by atoms with van der Waals surface area (Å²) < 4.78 is 11.1. The van der Waals surface area contributed by atoms with Crippen molar-refractivity contribution in [2.45, 2.75) is 33.1 Å². The van der Waals surface area contributed by atoms with E-state index in [2.05, 4.69) is 17.6 Å². The van der Waals surface area contributed by atoms with Crippen LogP contribution in [0.5, 0.6) is 11.5 Å². The Morgan fingerprint density at radius 3 is 2.70 bits per heavy atom. The predicted octanol–water partition coefficient (Wildman–Crippen LogP) is 3.85. The molecule has 6 nitrogen and oxygen atoms in total. The molecule has 2 heterocycles. The Bertz CT molecular complexity index is 906. The van der Waals surface area contributed by atoms with Crippen LogP contribution in [0.2, 0.25) is 0 Å². The minimum atomic E-state index is -0.206. The summed E-state index contributed by atoms with van der Waals surface area (Å²) in [5.74, 6) is 1.52. The van der Waals surface area contributed by atoms with Crippen LogP contribution in [0.25, 0.3) is 0 Å². The van der Waals surface area contributed by atoms with Gasteiger partial charge in [-0.15, -0.1) is 11.3 Å². The van der Waals surface area contributed by atoms with Crippen molar-refractivity contribution < 1.29 is 19.1 Å². The average molecular weight is 386 g/mol. The molecule has 1 aliphatic carbocycles. The van der Waals surface area contributed by atoms with Gasteiger partial charge >= 0.3 is 0 Å². The van der Waals surface area contributed by atoms with E-state index in [-0.39, 0.29) is 11.8 Å². The Morgan fingerprint density at radius 1 is 1.15 bits per heavy atom. The van der Waals surface area contributed by atoms with Crippen LogP contribution in [0.4, 0.5) is 10.7 Å². The number of nitrogens with one attached hydrogen (secondary N) is 2.